The van der Waals surface area contributed by atoms with Crippen molar-refractivity contribution in [2.45, 2.75) is 66.5 Å². The molecule has 1 N–H and O–H groups in total. The molecule has 16 heavy (non-hydrogen) atoms. The molecule has 0 aromatic rings. The SMILES string of the molecule is CCCNC(C)C(C)N(CC)CC(C)CC. The van der Waals surface area contributed by atoms with Crippen molar-refractivity contribution in [3.63, 3.8) is 0 Å². The molecule has 0 aromatic carbocycles. The quantitative estimate of drug-likeness (QED) is 0.652. The van der Waals surface area contributed by atoms with Crippen molar-refractivity contribution in [3.8, 4) is 0 Å². The van der Waals surface area contributed by atoms with E-state index in [1.807, 2.05) is 0 Å². The van der Waals surface area contributed by atoms with Gasteiger partial charge in [-0.2, -0.15) is 0 Å². The predicted octanol–water partition coefficient (Wildman–Crippen LogP) is 3.13. The second kappa shape index (κ2) is 9.00. The predicted molar refractivity (Wildman–Crippen MR) is 73.9 cm³/mol. The number of nitrogens with one attached hydrogen (secondary N) is 1. The average Bonchev–Trinajstić information content (AvgIpc) is 2.31. The van der Waals surface area contributed by atoms with Crippen molar-refractivity contribution in [1.82, 2.24) is 10.2 Å². The second-order valence-electron chi connectivity index (χ2n) is 5.08. The molecule has 0 bridgehead atoms. The maximum absolute atomic E-state index is 3.60. The van der Waals surface area contributed by atoms with Crippen LogP contribution in [0.25, 0.3) is 0 Å². The Hall–Kier alpha value is -0.0800. The van der Waals surface area contributed by atoms with Crippen molar-refractivity contribution in [3.05, 3.63) is 0 Å². The van der Waals surface area contributed by atoms with Gasteiger partial charge in [-0.15, -0.1) is 0 Å². The Morgan fingerprint density at radius 2 is 1.69 bits per heavy atom. The third-order valence-electron chi connectivity index (χ3n) is 3.67. The monoisotopic (exact) mass is 228 g/mol. The number of likely N-dealkylation sites (N-methyl/N-ethyl adjacent to an activating group) is 1. The maximum atomic E-state index is 3.60. The Morgan fingerprint density at radius 3 is 2.12 bits per heavy atom. The molecule has 0 fully saturated rings. The van der Waals surface area contributed by atoms with Crippen LogP contribution in [0.1, 0.15) is 54.4 Å². The van der Waals surface area contributed by atoms with Crippen molar-refractivity contribution in [1.29, 1.82) is 0 Å². The van der Waals surface area contributed by atoms with Gasteiger partial charge in [-0.25, -0.2) is 0 Å². The Balaban J connectivity index is 4.12. The molecule has 0 amide bonds. The zero-order chi connectivity index (χ0) is 12.6. The van der Waals surface area contributed by atoms with Crippen LogP contribution in [-0.2, 0) is 0 Å². The standard InChI is InChI=1S/C14H32N2/c1-7-10-15-13(5)14(6)16(9-3)11-12(4)8-2/h12-15H,7-11H2,1-6H3. The second-order valence-corrected chi connectivity index (χ2v) is 5.08. The van der Waals surface area contributed by atoms with Gasteiger partial charge in [0.1, 0.15) is 0 Å². The topological polar surface area (TPSA) is 15.3 Å². The van der Waals surface area contributed by atoms with Crippen LogP contribution in [0.4, 0.5) is 0 Å². The highest BCUT2D eigenvalue weighted by Crippen LogP contribution is 2.10. The number of rotatable bonds is 9. The molecule has 0 aliphatic carbocycles. The Morgan fingerprint density at radius 1 is 1.06 bits per heavy atom. The summed E-state index contributed by atoms with van der Waals surface area (Å²) in [6, 6.07) is 1.22. The van der Waals surface area contributed by atoms with Gasteiger partial charge in [0, 0.05) is 18.6 Å². The first-order valence-corrected chi connectivity index (χ1v) is 7.04. The largest absolute Gasteiger partial charge is 0.313 e. The highest BCUT2D eigenvalue weighted by Gasteiger charge is 2.19. The van der Waals surface area contributed by atoms with Crippen LogP contribution in [0.2, 0.25) is 0 Å². The minimum absolute atomic E-state index is 0.587. The first kappa shape index (κ1) is 15.9. The highest BCUT2D eigenvalue weighted by molar-refractivity contribution is 4.78. The molecule has 0 aliphatic heterocycles. The van der Waals surface area contributed by atoms with Crippen LogP contribution in [-0.4, -0.2) is 36.6 Å². The summed E-state index contributed by atoms with van der Waals surface area (Å²) >= 11 is 0. The van der Waals surface area contributed by atoms with E-state index in [-0.39, 0.29) is 0 Å². The molecule has 0 saturated carbocycles. The lowest BCUT2D eigenvalue weighted by Crippen LogP contribution is -2.48. The van der Waals surface area contributed by atoms with Gasteiger partial charge in [0.15, 0.2) is 0 Å². The van der Waals surface area contributed by atoms with E-state index in [1.165, 1.54) is 19.4 Å². The van der Waals surface area contributed by atoms with Crippen molar-refractivity contribution in [2.24, 2.45) is 5.92 Å². The summed E-state index contributed by atoms with van der Waals surface area (Å²) in [5, 5.41) is 3.60. The summed E-state index contributed by atoms with van der Waals surface area (Å²) < 4.78 is 0. The van der Waals surface area contributed by atoms with Gasteiger partial charge in [-0.1, -0.05) is 34.1 Å². The van der Waals surface area contributed by atoms with Crippen LogP contribution >= 0.6 is 0 Å². The third kappa shape index (κ3) is 5.86. The van der Waals surface area contributed by atoms with E-state index >= 15 is 0 Å². The zero-order valence-electron chi connectivity index (χ0n) is 12.2. The van der Waals surface area contributed by atoms with Gasteiger partial charge < -0.3 is 5.32 Å². The molecular formula is C14H32N2. The number of hydrogen-bond acceptors (Lipinski definition) is 2. The number of nitrogens with zero attached hydrogens (tertiary/aromatic N) is 1. The van der Waals surface area contributed by atoms with E-state index in [2.05, 4.69) is 51.8 Å². The van der Waals surface area contributed by atoms with Crippen molar-refractivity contribution < 1.29 is 0 Å². The van der Waals surface area contributed by atoms with E-state index in [0.717, 1.165) is 19.0 Å². The average molecular weight is 228 g/mol. The summed E-state index contributed by atoms with van der Waals surface area (Å²) in [5.74, 6) is 0.806. The van der Waals surface area contributed by atoms with Crippen molar-refractivity contribution >= 4 is 0 Å². The summed E-state index contributed by atoms with van der Waals surface area (Å²) in [5.41, 5.74) is 0. The first-order chi connectivity index (χ1) is 7.56. The molecule has 0 saturated heterocycles. The van der Waals surface area contributed by atoms with E-state index < -0.39 is 0 Å². The lowest BCUT2D eigenvalue weighted by atomic mass is 10.0. The highest BCUT2D eigenvalue weighted by atomic mass is 15.2. The molecule has 0 heterocycles. The van der Waals surface area contributed by atoms with Crippen LogP contribution in [0.5, 0.6) is 0 Å². The summed E-state index contributed by atoms with van der Waals surface area (Å²) in [7, 11) is 0. The van der Waals surface area contributed by atoms with Crippen LogP contribution in [0.15, 0.2) is 0 Å². The number of hydrogen-bond donors (Lipinski definition) is 1. The third-order valence-corrected chi connectivity index (χ3v) is 3.67. The molecule has 2 heteroatoms. The van der Waals surface area contributed by atoms with E-state index in [0.29, 0.717) is 12.1 Å². The molecular weight excluding hydrogens is 196 g/mol. The Labute approximate surface area is 103 Å². The molecule has 0 rings (SSSR count). The van der Waals surface area contributed by atoms with Crippen LogP contribution in [0.3, 0.4) is 0 Å². The molecule has 3 unspecified atom stereocenters. The molecule has 3 atom stereocenters. The first-order valence-electron chi connectivity index (χ1n) is 7.04. The lowest BCUT2D eigenvalue weighted by molar-refractivity contribution is 0.159. The van der Waals surface area contributed by atoms with E-state index in [1.54, 1.807) is 0 Å². The van der Waals surface area contributed by atoms with Gasteiger partial charge in [-0.3, -0.25) is 4.90 Å². The normalized spacial score (nSPS) is 17.4. The fourth-order valence-corrected chi connectivity index (χ4v) is 1.97. The van der Waals surface area contributed by atoms with Gasteiger partial charge in [0.25, 0.3) is 0 Å². The molecule has 0 radical (unpaired) electrons. The summed E-state index contributed by atoms with van der Waals surface area (Å²) in [6.07, 6.45) is 2.49. The van der Waals surface area contributed by atoms with Crippen LogP contribution < -0.4 is 5.32 Å². The van der Waals surface area contributed by atoms with Gasteiger partial charge >= 0.3 is 0 Å². The van der Waals surface area contributed by atoms with Crippen LogP contribution in [0, 0.1) is 5.92 Å². The molecule has 0 spiro atoms. The lowest BCUT2D eigenvalue weighted by Gasteiger charge is -2.34. The van der Waals surface area contributed by atoms with E-state index in [9.17, 15) is 0 Å². The Bertz CT molecular complexity index is 159. The van der Waals surface area contributed by atoms with Gasteiger partial charge in [0.05, 0.1) is 0 Å². The molecule has 0 aromatic heterocycles. The molecule has 2 nitrogen and oxygen atoms in total. The Kier molecular flexibility index (Phi) is 8.96. The molecule has 0 aliphatic rings. The minimum atomic E-state index is 0.587. The maximum Gasteiger partial charge on any atom is 0.0218 e. The fraction of sp³-hybridized carbons (Fsp3) is 1.00. The van der Waals surface area contributed by atoms with Gasteiger partial charge in [-0.05, 0) is 39.3 Å². The smallest absolute Gasteiger partial charge is 0.0218 e. The molecule has 98 valence electrons. The fourth-order valence-electron chi connectivity index (χ4n) is 1.97. The van der Waals surface area contributed by atoms with Gasteiger partial charge in [0.2, 0.25) is 0 Å². The van der Waals surface area contributed by atoms with Crippen molar-refractivity contribution in [2.75, 3.05) is 19.6 Å². The summed E-state index contributed by atoms with van der Waals surface area (Å²) in [6.45, 7) is 17.3. The van der Waals surface area contributed by atoms with E-state index in [4.69, 9.17) is 0 Å². The summed E-state index contributed by atoms with van der Waals surface area (Å²) in [4.78, 5) is 2.60. The minimum Gasteiger partial charge on any atom is -0.313 e. The zero-order valence-corrected chi connectivity index (χ0v) is 12.2.